The highest BCUT2D eigenvalue weighted by Crippen LogP contribution is 2.19. The lowest BCUT2D eigenvalue weighted by atomic mass is 10.2. The van der Waals surface area contributed by atoms with Gasteiger partial charge in [0, 0.05) is 5.69 Å². The largest absolute Gasteiger partial charge is 0.459 e. The van der Waals surface area contributed by atoms with E-state index in [2.05, 4.69) is 10.1 Å². The molecule has 0 aliphatic rings. The summed E-state index contributed by atoms with van der Waals surface area (Å²) in [4.78, 5) is 22.3. The Labute approximate surface area is 103 Å². The Morgan fingerprint density at radius 1 is 1.53 bits per heavy atom. The summed E-state index contributed by atoms with van der Waals surface area (Å²) in [7, 11) is 0. The number of anilines is 1. The number of amides is 1. The molecule has 0 radical (unpaired) electrons. The van der Waals surface area contributed by atoms with E-state index in [1.54, 1.807) is 6.92 Å². The molecule has 1 aromatic rings. The topological polar surface area (TPSA) is 79.2 Å². The van der Waals surface area contributed by atoms with Crippen LogP contribution in [0.3, 0.4) is 0 Å². The third-order valence-electron chi connectivity index (χ3n) is 1.81. The maximum Gasteiger partial charge on any atom is 0.397 e. The van der Waals surface area contributed by atoms with Gasteiger partial charge in [-0.25, -0.2) is 4.79 Å². The Balaban J connectivity index is 2.79. The number of carbonyl (C=O) groups excluding carboxylic acids is 2. The highest BCUT2D eigenvalue weighted by Gasteiger charge is 2.15. The first kappa shape index (κ1) is 13.0. The predicted molar refractivity (Wildman–Crippen MR) is 61.4 cm³/mol. The van der Waals surface area contributed by atoms with E-state index in [0.717, 1.165) is 0 Å². The molecule has 1 amide bonds. The molecule has 1 N–H and O–H groups in total. The maximum atomic E-state index is 11.3. The van der Waals surface area contributed by atoms with Gasteiger partial charge >= 0.3 is 11.9 Å². The van der Waals surface area contributed by atoms with Gasteiger partial charge in [-0.2, -0.15) is 5.26 Å². The normalized spacial score (nSPS) is 9.24. The fraction of sp³-hybridized carbons (Fsp3) is 0.182. The number of benzene rings is 1. The summed E-state index contributed by atoms with van der Waals surface area (Å²) in [5.41, 5.74) is 0.525. The number of esters is 1. The molecule has 0 fully saturated rings. The molecule has 1 aromatic carbocycles. The van der Waals surface area contributed by atoms with Gasteiger partial charge in [-0.05, 0) is 25.1 Å². The third-order valence-corrected chi connectivity index (χ3v) is 2.14. The van der Waals surface area contributed by atoms with Gasteiger partial charge in [-0.15, -0.1) is 0 Å². The summed E-state index contributed by atoms with van der Waals surface area (Å²) in [6, 6.07) is 6.18. The number of nitrogens with zero attached hydrogens (tertiary/aromatic N) is 1. The number of nitrogens with one attached hydrogen (secondary N) is 1. The molecule has 17 heavy (non-hydrogen) atoms. The molecule has 0 aliphatic heterocycles. The zero-order valence-corrected chi connectivity index (χ0v) is 9.75. The summed E-state index contributed by atoms with van der Waals surface area (Å²) < 4.78 is 4.51. The molecule has 0 aliphatic carbocycles. The van der Waals surface area contributed by atoms with E-state index in [4.69, 9.17) is 16.9 Å². The van der Waals surface area contributed by atoms with E-state index in [1.165, 1.54) is 18.2 Å². The Morgan fingerprint density at radius 3 is 2.82 bits per heavy atom. The smallest absolute Gasteiger partial charge is 0.397 e. The van der Waals surface area contributed by atoms with Crippen molar-refractivity contribution in [1.29, 1.82) is 5.26 Å². The summed E-state index contributed by atoms with van der Waals surface area (Å²) in [6.45, 7) is 1.72. The number of ether oxygens (including phenoxy) is 1. The molecule has 0 saturated carbocycles. The van der Waals surface area contributed by atoms with Crippen molar-refractivity contribution in [1.82, 2.24) is 0 Å². The van der Waals surface area contributed by atoms with Crippen LogP contribution in [0.25, 0.3) is 0 Å². The van der Waals surface area contributed by atoms with Crippen LogP contribution in [-0.4, -0.2) is 18.5 Å². The van der Waals surface area contributed by atoms with Crippen LogP contribution in [0.1, 0.15) is 12.5 Å². The number of nitriles is 1. The highest BCUT2D eigenvalue weighted by atomic mass is 35.5. The SMILES string of the molecule is CCOC(=O)C(=O)Nc1ccc(Cl)c(C#N)c1. The van der Waals surface area contributed by atoms with Crippen molar-refractivity contribution in [2.45, 2.75) is 6.92 Å². The van der Waals surface area contributed by atoms with Gasteiger partial charge in [0.2, 0.25) is 0 Å². The quantitative estimate of drug-likeness (QED) is 0.642. The Kier molecular flexibility index (Phi) is 4.49. The number of hydrogen-bond acceptors (Lipinski definition) is 4. The van der Waals surface area contributed by atoms with Crippen LogP contribution in [0.15, 0.2) is 18.2 Å². The van der Waals surface area contributed by atoms with Gasteiger partial charge in [0.05, 0.1) is 17.2 Å². The van der Waals surface area contributed by atoms with Crippen molar-refractivity contribution in [3.8, 4) is 6.07 Å². The van der Waals surface area contributed by atoms with E-state index >= 15 is 0 Å². The van der Waals surface area contributed by atoms with Gasteiger partial charge in [-0.3, -0.25) is 4.79 Å². The van der Waals surface area contributed by atoms with E-state index in [1.807, 2.05) is 6.07 Å². The van der Waals surface area contributed by atoms with E-state index in [-0.39, 0.29) is 17.2 Å². The molecule has 6 heteroatoms. The van der Waals surface area contributed by atoms with Gasteiger partial charge in [0.25, 0.3) is 0 Å². The highest BCUT2D eigenvalue weighted by molar-refractivity contribution is 6.37. The number of rotatable bonds is 2. The lowest BCUT2D eigenvalue weighted by Crippen LogP contribution is -2.24. The second kappa shape index (κ2) is 5.87. The monoisotopic (exact) mass is 252 g/mol. The maximum absolute atomic E-state index is 11.3. The van der Waals surface area contributed by atoms with Crippen molar-refractivity contribution in [2.75, 3.05) is 11.9 Å². The van der Waals surface area contributed by atoms with E-state index < -0.39 is 11.9 Å². The molecule has 5 nitrogen and oxygen atoms in total. The van der Waals surface area contributed by atoms with Crippen molar-refractivity contribution in [3.63, 3.8) is 0 Å². The van der Waals surface area contributed by atoms with Crippen LogP contribution in [-0.2, 0) is 14.3 Å². The Bertz CT molecular complexity index is 494. The Morgan fingerprint density at radius 2 is 2.24 bits per heavy atom. The minimum atomic E-state index is -0.971. The summed E-state index contributed by atoms with van der Waals surface area (Å²) >= 11 is 5.72. The van der Waals surface area contributed by atoms with Gasteiger partial charge in [-0.1, -0.05) is 11.6 Å². The van der Waals surface area contributed by atoms with Crippen LogP contribution in [0.2, 0.25) is 5.02 Å². The standard InChI is InChI=1S/C11H9ClN2O3/c1-2-17-11(16)10(15)14-8-3-4-9(12)7(5-8)6-13/h3-5H,2H2,1H3,(H,14,15). The van der Waals surface area contributed by atoms with Crippen molar-refractivity contribution in [3.05, 3.63) is 28.8 Å². The van der Waals surface area contributed by atoms with E-state index in [9.17, 15) is 9.59 Å². The second-order valence-corrected chi connectivity index (χ2v) is 3.39. The first-order chi connectivity index (χ1) is 8.08. The molecule has 0 bridgehead atoms. The van der Waals surface area contributed by atoms with Crippen LogP contribution < -0.4 is 5.32 Å². The fourth-order valence-electron chi connectivity index (χ4n) is 1.07. The molecule has 0 heterocycles. The Hall–Kier alpha value is -2.06. The van der Waals surface area contributed by atoms with Gasteiger partial charge < -0.3 is 10.1 Å². The molecule has 0 unspecified atom stereocenters. The summed E-state index contributed by atoms with van der Waals surface area (Å²) in [6.07, 6.45) is 0. The zero-order chi connectivity index (χ0) is 12.8. The third kappa shape index (κ3) is 3.47. The van der Waals surface area contributed by atoms with Gasteiger partial charge in [0.1, 0.15) is 6.07 Å². The van der Waals surface area contributed by atoms with Crippen LogP contribution in [0.4, 0.5) is 5.69 Å². The van der Waals surface area contributed by atoms with Crippen molar-refractivity contribution < 1.29 is 14.3 Å². The molecule has 1 rings (SSSR count). The molecule has 0 spiro atoms. The molecule has 0 aromatic heterocycles. The average molecular weight is 253 g/mol. The lowest BCUT2D eigenvalue weighted by Gasteiger charge is -2.05. The molecular weight excluding hydrogens is 244 g/mol. The van der Waals surface area contributed by atoms with Crippen LogP contribution in [0, 0.1) is 11.3 Å². The zero-order valence-electron chi connectivity index (χ0n) is 8.99. The molecular formula is C11H9ClN2O3. The van der Waals surface area contributed by atoms with Crippen LogP contribution in [0.5, 0.6) is 0 Å². The lowest BCUT2D eigenvalue weighted by molar-refractivity contribution is -0.152. The molecule has 0 saturated heterocycles. The number of halogens is 1. The predicted octanol–water partition coefficient (Wildman–Crippen LogP) is 1.71. The number of carbonyl (C=O) groups is 2. The summed E-state index contributed by atoms with van der Waals surface area (Å²) in [5.74, 6) is -1.86. The number of hydrogen-bond donors (Lipinski definition) is 1. The van der Waals surface area contributed by atoms with Crippen LogP contribution >= 0.6 is 11.6 Å². The minimum Gasteiger partial charge on any atom is -0.459 e. The first-order valence-electron chi connectivity index (χ1n) is 4.76. The fourth-order valence-corrected chi connectivity index (χ4v) is 1.23. The minimum absolute atomic E-state index is 0.121. The molecule has 0 atom stereocenters. The van der Waals surface area contributed by atoms with Gasteiger partial charge in [0.15, 0.2) is 0 Å². The summed E-state index contributed by atoms with van der Waals surface area (Å²) in [5, 5.41) is 11.3. The van der Waals surface area contributed by atoms with E-state index in [0.29, 0.717) is 5.69 Å². The second-order valence-electron chi connectivity index (χ2n) is 2.98. The first-order valence-corrected chi connectivity index (χ1v) is 5.14. The van der Waals surface area contributed by atoms with Crippen molar-refractivity contribution in [2.24, 2.45) is 0 Å². The molecule has 88 valence electrons. The van der Waals surface area contributed by atoms with Crippen molar-refractivity contribution >= 4 is 29.2 Å². The average Bonchev–Trinajstić information content (AvgIpc) is 2.31.